The van der Waals surface area contributed by atoms with Crippen molar-refractivity contribution in [1.82, 2.24) is 0 Å². The fraction of sp³-hybridized carbons (Fsp3) is 0.125. The van der Waals surface area contributed by atoms with Crippen molar-refractivity contribution in [2.45, 2.75) is 13.8 Å². The second kappa shape index (κ2) is 4.72. The summed E-state index contributed by atoms with van der Waals surface area (Å²) in [6.45, 7) is 3.71. The van der Waals surface area contributed by atoms with E-state index in [-0.39, 0.29) is 10.6 Å². The zero-order valence-electron chi connectivity index (χ0n) is 11.2. The summed E-state index contributed by atoms with van der Waals surface area (Å²) in [4.78, 5) is 11.8. The predicted octanol–water partition coefficient (Wildman–Crippen LogP) is 5.09. The van der Waals surface area contributed by atoms with Crippen LogP contribution in [-0.4, -0.2) is 4.92 Å². The first kappa shape index (κ1) is 12.8. The van der Waals surface area contributed by atoms with Crippen LogP contribution in [0.15, 0.2) is 42.5 Å². The molecule has 0 N–H and O–H groups in total. The first-order valence-electron chi connectivity index (χ1n) is 6.31. The molecule has 0 amide bonds. The normalized spacial score (nSPS) is 10.9. The lowest BCUT2D eigenvalue weighted by molar-refractivity contribution is -0.385. The van der Waals surface area contributed by atoms with Gasteiger partial charge in [-0.15, -0.1) is 11.3 Å². The van der Waals surface area contributed by atoms with Crippen LogP contribution in [0.25, 0.3) is 20.5 Å². The third kappa shape index (κ3) is 2.08. The zero-order chi connectivity index (χ0) is 14.3. The summed E-state index contributed by atoms with van der Waals surface area (Å²) < 4.78 is 1.23. The number of aryl methyl sites for hydroxylation is 2. The maximum absolute atomic E-state index is 11.0. The molecular formula is C16H13NO2S. The van der Waals surface area contributed by atoms with Crippen molar-refractivity contribution in [3.05, 3.63) is 63.7 Å². The molecule has 2 aromatic carbocycles. The molecule has 0 unspecified atom stereocenters. The van der Waals surface area contributed by atoms with Gasteiger partial charge in [-0.05, 0) is 48.6 Å². The van der Waals surface area contributed by atoms with Crippen LogP contribution < -0.4 is 0 Å². The fourth-order valence-electron chi connectivity index (χ4n) is 2.38. The van der Waals surface area contributed by atoms with Gasteiger partial charge in [0.15, 0.2) is 0 Å². The molecule has 4 heteroatoms. The summed E-state index contributed by atoms with van der Waals surface area (Å²) in [5.74, 6) is 0. The smallest absolute Gasteiger partial charge is 0.258 e. The number of rotatable bonds is 2. The van der Waals surface area contributed by atoms with Crippen LogP contribution in [0.1, 0.15) is 11.1 Å². The third-order valence-electron chi connectivity index (χ3n) is 3.43. The number of fused-ring (bicyclic) bond motifs is 1. The molecule has 100 valence electrons. The SMILES string of the molecule is Cc1cc([N+](=O)[O-])c(C)cc1-c1cc2ccccc2s1. The van der Waals surface area contributed by atoms with E-state index in [4.69, 9.17) is 0 Å². The van der Waals surface area contributed by atoms with E-state index in [1.807, 2.05) is 25.1 Å². The van der Waals surface area contributed by atoms with Crippen molar-refractivity contribution < 1.29 is 4.92 Å². The van der Waals surface area contributed by atoms with Gasteiger partial charge in [0.05, 0.1) is 4.92 Å². The van der Waals surface area contributed by atoms with Gasteiger partial charge in [0, 0.05) is 21.2 Å². The van der Waals surface area contributed by atoms with E-state index in [1.165, 1.54) is 10.1 Å². The quantitative estimate of drug-likeness (QED) is 0.485. The number of hydrogen-bond acceptors (Lipinski definition) is 3. The number of nitro benzene ring substituents is 1. The molecule has 0 aliphatic rings. The maximum atomic E-state index is 11.0. The summed E-state index contributed by atoms with van der Waals surface area (Å²) in [7, 11) is 0. The van der Waals surface area contributed by atoms with Crippen molar-refractivity contribution in [2.75, 3.05) is 0 Å². The number of hydrogen-bond donors (Lipinski definition) is 0. The van der Waals surface area contributed by atoms with Crippen LogP contribution in [0.4, 0.5) is 5.69 Å². The Morgan fingerprint density at radius 3 is 2.50 bits per heavy atom. The summed E-state index contributed by atoms with van der Waals surface area (Å²) in [5.41, 5.74) is 2.91. The van der Waals surface area contributed by atoms with Gasteiger partial charge < -0.3 is 0 Å². The van der Waals surface area contributed by atoms with E-state index in [1.54, 1.807) is 24.3 Å². The van der Waals surface area contributed by atoms with E-state index in [9.17, 15) is 10.1 Å². The number of thiophene rings is 1. The number of benzene rings is 2. The van der Waals surface area contributed by atoms with Crippen molar-refractivity contribution in [3.8, 4) is 10.4 Å². The Morgan fingerprint density at radius 2 is 1.80 bits per heavy atom. The van der Waals surface area contributed by atoms with Crippen molar-refractivity contribution >= 4 is 27.1 Å². The summed E-state index contributed by atoms with van der Waals surface area (Å²) in [5, 5.41) is 12.2. The molecule has 0 bridgehead atoms. The molecule has 0 aliphatic heterocycles. The third-order valence-corrected chi connectivity index (χ3v) is 4.58. The molecule has 0 saturated heterocycles. The first-order valence-corrected chi connectivity index (χ1v) is 7.12. The van der Waals surface area contributed by atoms with Gasteiger partial charge in [0.2, 0.25) is 0 Å². The monoisotopic (exact) mass is 283 g/mol. The largest absolute Gasteiger partial charge is 0.272 e. The lowest BCUT2D eigenvalue weighted by Gasteiger charge is -2.05. The Kier molecular flexibility index (Phi) is 3.03. The first-order chi connectivity index (χ1) is 9.56. The molecule has 0 aliphatic carbocycles. The highest BCUT2D eigenvalue weighted by Crippen LogP contribution is 2.37. The fourth-order valence-corrected chi connectivity index (χ4v) is 3.52. The van der Waals surface area contributed by atoms with Gasteiger partial charge >= 0.3 is 0 Å². The van der Waals surface area contributed by atoms with E-state index in [0.717, 1.165) is 16.0 Å². The topological polar surface area (TPSA) is 43.1 Å². The highest BCUT2D eigenvalue weighted by Gasteiger charge is 2.15. The minimum atomic E-state index is -0.322. The van der Waals surface area contributed by atoms with Crippen LogP contribution in [0.3, 0.4) is 0 Å². The highest BCUT2D eigenvalue weighted by molar-refractivity contribution is 7.22. The Balaban J connectivity index is 2.19. The zero-order valence-corrected chi connectivity index (χ0v) is 12.0. The molecule has 1 aromatic heterocycles. The number of nitro groups is 1. The van der Waals surface area contributed by atoms with Crippen molar-refractivity contribution in [1.29, 1.82) is 0 Å². The van der Waals surface area contributed by atoms with E-state index in [0.29, 0.717) is 5.56 Å². The standard InChI is InChI=1S/C16H13NO2S/c1-10-8-14(17(18)19)11(2)7-13(10)16-9-12-5-3-4-6-15(12)20-16/h3-9H,1-2H3. The van der Waals surface area contributed by atoms with Gasteiger partial charge in [0.25, 0.3) is 5.69 Å². The molecule has 1 heterocycles. The lowest BCUT2D eigenvalue weighted by atomic mass is 10.0. The molecule has 0 atom stereocenters. The van der Waals surface area contributed by atoms with E-state index in [2.05, 4.69) is 18.2 Å². The Morgan fingerprint density at radius 1 is 1.05 bits per heavy atom. The van der Waals surface area contributed by atoms with Crippen molar-refractivity contribution in [2.24, 2.45) is 0 Å². The molecule has 0 saturated carbocycles. The van der Waals surface area contributed by atoms with Crippen LogP contribution in [0.2, 0.25) is 0 Å². The molecule has 0 spiro atoms. The van der Waals surface area contributed by atoms with Gasteiger partial charge in [0.1, 0.15) is 0 Å². The summed E-state index contributed by atoms with van der Waals surface area (Å²) in [6, 6.07) is 13.9. The second-order valence-electron chi connectivity index (χ2n) is 4.86. The van der Waals surface area contributed by atoms with E-state index >= 15 is 0 Å². The minimum Gasteiger partial charge on any atom is -0.258 e. The average Bonchev–Trinajstić information content (AvgIpc) is 2.84. The Labute approximate surface area is 120 Å². The predicted molar refractivity (Wildman–Crippen MR) is 83.4 cm³/mol. The van der Waals surface area contributed by atoms with Crippen LogP contribution in [0, 0.1) is 24.0 Å². The van der Waals surface area contributed by atoms with Gasteiger partial charge in [-0.2, -0.15) is 0 Å². The molecule has 3 aromatic rings. The van der Waals surface area contributed by atoms with Crippen LogP contribution >= 0.6 is 11.3 Å². The van der Waals surface area contributed by atoms with Crippen molar-refractivity contribution in [3.63, 3.8) is 0 Å². The molecule has 0 fully saturated rings. The average molecular weight is 283 g/mol. The van der Waals surface area contributed by atoms with Gasteiger partial charge in [-0.1, -0.05) is 18.2 Å². The highest BCUT2D eigenvalue weighted by atomic mass is 32.1. The number of nitrogens with zero attached hydrogens (tertiary/aromatic N) is 1. The molecule has 3 nitrogen and oxygen atoms in total. The van der Waals surface area contributed by atoms with Gasteiger partial charge in [-0.25, -0.2) is 0 Å². The maximum Gasteiger partial charge on any atom is 0.272 e. The Hall–Kier alpha value is -2.20. The second-order valence-corrected chi connectivity index (χ2v) is 5.94. The minimum absolute atomic E-state index is 0.187. The summed E-state index contributed by atoms with van der Waals surface area (Å²) >= 11 is 1.72. The van der Waals surface area contributed by atoms with E-state index < -0.39 is 0 Å². The van der Waals surface area contributed by atoms with Crippen LogP contribution in [0.5, 0.6) is 0 Å². The molecule has 0 radical (unpaired) electrons. The summed E-state index contributed by atoms with van der Waals surface area (Å²) in [6.07, 6.45) is 0. The lowest BCUT2D eigenvalue weighted by Crippen LogP contribution is -1.93. The Bertz CT molecular complexity index is 787. The molecule has 20 heavy (non-hydrogen) atoms. The van der Waals surface area contributed by atoms with Gasteiger partial charge in [-0.3, -0.25) is 10.1 Å². The molecule has 3 rings (SSSR count). The van der Waals surface area contributed by atoms with Crippen LogP contribution in [-0.2, 0) is 0 Å². The molecular weight excluding hydrogens is 270 g/mol.